The summed E-state index contributed by atoms with van der Waals surface area (Å²) in [7, 11) is 0. The molecular weight excluding hydrogens is 238 g/mol. The average Bonchev–Trinajstić information content (AvgIpc) is 2.20. The average molecular weight is 263 g/mol. The summed E-state index contributed by atoms with van der Waals surface area (Å²) in [6, 6.07) is 1.79. The monoisotopic (exact) mass is 263 g/mol. The van der Waals surface area contributed by atoms with Gasteiger partial charge in [0.05, 0.1) is 11.9 Å². The quantitative estimate of drug-likeness (QED) is 0.875. The first-order valence-electron chi connectivity index (χ1n) is 6.69. The van der Waals surface area contributed by atoms with E-state index in [9.17, 15) is 4.79 Å². The molecule has 0 aliphatic carbocycles. The molecule has 1 aromatic heterocycles. The van der Waals surface area contributed by atoms with Gasteiger partial charge in [0, 0.05) is 6.42 Å². The molecule has 1 rings (SSSR count). The van der Waals surface area contributed by atoms with Crippen LogP contribution in [0.2, 0.25) is 0 Å². The summed E-state index contributed by atoms with van der Waals surface area (Å²) in [5.41, 5.74) is 7.50. The van der Waals surface area contributed by atoms with E-state index in [2.05, 4.69) is 38.0 Å². The summed E-state index contributed by atoms with van der Waals surface area (Å²) in [5.74, 6) is 0.933. The maximum Gasteiger partial charge on any atom is 0.225 e. The molecule has 0 fully saturated rings. The maximum atomic E-state index is 11.9. The number of nitrogens with one attached hydrogen (secondary N) is 1. The first kappa shape index (κ1) is 15.5. The van der Waals surface area contributed by atoms with Crippen LogP contribution in [0.25, 0.3) is 0 Å². The number of aromatic nitrogens is 1. The van der Waals surface area contributed by atoms with E-state index in [1.165, 1.54) is 0 Å². The number of aryl methyl sites for hydroxylation is 1. The molecule has 1 atom stereocenters. The molecule has 1 aromatic rings. The predicted octanol–water partition coefficient (Wildman–Crippen LogP) is 3.37. The van der Waals surface area contributed by atoms with Crippen LogP contribution in [0.15, 0.2) is 12.3 Å². The second-order valence-electron chi connectivity index (χ2n) is 6.55. The fourth-order valence-electron chi connectivity index (χ4n) is 2.26. The zero-order valence-corrected chi connectivity index (χ0v) is 12.6. The highest BCUT2D eigenvalue weighted by Crippen LogP contribution is 2.26. The van der Waals surface area contributed by atoms with Gasteiger partial charge in [-0.15, -0.1) is 0 Å². The molecule has 19 heavy (non-hydrogen) atoms. The summed E-state index contributed by atoms with van der Waals surface area (Å²) < 4.78 is 0. The van der Waals surface area contributed by atoms with Crippen LogP contribution in [-0.2, 0) is 4.79 Å². The first-order valence-corrected chi connectivity index (χ1v) is 6.69. The van der Waals surface area contributed by atoms with Crippen molar-refractivity contribution in [3.8, 4) is 0 Å². The molecule has 3 N–H and O–H groups in total. The minimum Gasteiger partial charge on any atom is -0.397 e. The van der Waals surface area contributed by atoms with Crippen molar-refractivity contribution in [2.45, 2.75) is 47.5 Å². The van der Waals surface area contributed by atoms with Gasteiger partial charge in [0.15, 0.2) is 0 Å². The zero-order chi connectivity index (χ0) is 14.6. The number of nitrogens with two attached hydrogens (primary N) is 1. The van der Waals surface area contributed by atoms with Gasteiger partial charge in [-0.3, -0.25) is 4.79 Å². The SMILES string of the molecule is Cc1cc(NC(=O)CC(C)CC(C)(C)C)ncc1N. The van der Waals surface area contributed by atoms with Crippen molar-refractivity contribution in [2.24, 2.45) is 11.3 Å². The van der Waals surface area contributed by atoms with Gasteiger partial charge in [-0.2, -0.15) is 0 Å². The fourth-order valence-corrected chi connectivity index (χ4v) is 2.26. The van der Waals surface area contributed by atoms with E-state index in [1.54, 1.807) is 12.3 Å². The molecule has 0 saturated carbocycles. The van der Waals surface area contributed by atoms with E-state index in [1.807, 2.05) is 6.92 Å². The summed E-state index contributed by atoms with van der Waals surface area (Å²) >= 11 is 0. The lowest BCUT2D eigenvalue weighted by Crippen LogP contribution is -2.19. The van der Waals surface area contributed by atoms with E-state index >= 15 is 0 Å². The number of hydrogen-bond donors (Lipinski definition) is 2. The Morgan fingerprint density at radius 1 is 1.47 bits per heavy atom. The Kier molecular flexibility index (Phi) is 4.92. The van der Waals surface area contributed by atoms with E-state index in [4.69, 9.17) is 5.73 Å². The zero-order valence-electron chi connectivity index (χ0n) is 12.6. The lowest BCUT2D eigenvalue weighted by atomic mass is 9.84. The van der Waals surface area contributed by atoms with Crippen molar-refractivity contribution in [1.29, 1.82) is 0 Å². The van der Waals surface area contributed by atoms with Gasteiger partial charge in [-0.1, -0.05) is 27.7 Å². The number of rotatable bonds is 4. The minimum absolute atomic E-state index is 0.00780. The molecule has 0 aliphatic rings. The van der Waals surface area contributed by atoms with Crippen molar-refractivity contribution in [2.75, 3.05) is 11.1 Å². The normalized spacial score (nSPS) is 13.1. The van der Waals surface area contributed by atoms with Crippen LogP contribution >= 0.6 is 0 Å². The van der Waals surface area contributed by atoms with E-state index in [0.29, 0.717) is 23.8 Å². The third-order valence-corrected chi connectivity index (χ3v) is 2.91. The highest BCUT2D eigenvalue weighted by Gasteiger charge is 2.18. The topological polar surface area (TPSA) is 68.0 Å². The van der Waals surface area contributed by atoms with Crippen LogP contribution in [0.1, 0.15) is 46.1 Å². The van der Waals surface area contributed by atoms with Gasteiger partial charge in [-0.05, 0) is 36.3 Å². The molecule has 1 heterocycles. The van der Waals surface area contributed by atoms with Crippen molar-refractivity contribution >= 4 is 17.4 Å². The van der Waals surface area contributed by atoms with E-state index < -0.39 is 0 Å². The Bertz CT molecular complexity index is 449. The highest BCUT2D eigenvalue weighted by molar-refractivity contribution is 5.90. The van der Waals surface area contributed by atoms with Gasteiger partial charge in [-0.25, -0.2) is 4.98 Å². The van der Waals surface area contributed by atoms with E-state index in [0.717, 1.165) is 12.0 Å². The van der Waals surface area contributed by atoms with Gasteiger partial charge in [0.2, 0.25) is 5.91 Å². The third kappa shape index (κ3) is 5.73. The van der Waals surface area contributed by atoms with Crippen LogP contribution in [0, 0.1) is 18.3 Å². The van der Waals surface area contributed by atoms with Gasteiger partial charge in [0.1, 0.15) is 5.82 Å². The predicted molar refractivity (Wildman–Crippen MR) is 79.9 cm³/mol. The molecule has 0 spiro atoms. The summed E-state index contributed by atoms with van der Waals surface area (Å²) in [5, 5.41) is 2.82. The van der Waals surface area contributed by atoms with Crippen molar-refractivity contribution in [3.63, 3.8) is 0 Å². The molecule has 0 aromatic carbocycles. The molecule has 1 unspecified atom stereocenters. The van der Waals surface area contributed by atoms with Crippen molar-refractivity contribution < 1.29 is 4.79 Å². The lowest BCUT2D eigenvalue weighted by molar-refractivity contribution is -0.117. The second kappa shape index (κ2) is 6.04. The molecular formula is C15H25N3O. The van der Waals surface area contributed by atoms with Crippen molar-refractivity contribution in [3.05, 3.63) is 17.8 Å². The third-order valence-electron chi connectivity index (χ3n) is 2.91. The number of amides is 1. The number of hydrogen-bond acceptors (Lipinski definition) is 3. The Hall–Kier alpha value is -1.58. The summed E-state index contributed by atoms with van der Waals surface area (Å²) in [4.78, 5) is 16.0. The van der Waals surface area contributed by atoms with Crippen LogP contribution in [-0.4, -0.2) is 10.9 Å². The Morgan fingerprint density at radius 2 is 2.11 bits per heavy atom. The number of carbonyl (C=O) groups excluding carboxylic acids is 1. The minimum atomic E-state index is 0.00780. The van der Waals surface area contributed by atoms with Gasteiger partial charge >= 0.3 is 0 Å². The second-order valence-corrected chi connectivity index (χ2v) is 6.55. The maximum absolute atomic E-state index is 11.9. The number of anilines is 2. The molecule has 0 radical (unpaired) electrons. The molecule has 4 nitrogen and oxygen atoms in total. The van der Waals surface area contributed by atoms with Crippen LogP contribution < -0.4 is 11.1 Å². The Morgan fingerprint density at radius 3 is 2.63 bits per heavy atom. The summed E-state index contributed by atoms with van der Waals surface area (Å²) in [6.07, 6.45) is 3.11. The van der Waals surface area contributed by atoms with Crippen LogP contribution in [0.5, 0.6) is 0 Å². The molecule has 0 aliphatic heterocycles. The van der Waals surface area contributed by atoms with Gasteiger partial charge in [0.25, 0.3) is 0 Å². The number of pyridine rings is 1. The molecule has 0 bridgehead atoms. The molecule has 4 heteroatoms. The Balaban J connectivity index is 2.53. The van der Waals surface area contributed by atoms with E-state index in [-0.39, 0.29) is 11.3 Å². The van der Waals surface area contributed by atoms with Gasteiger partial charge < -0.3 is 11.1 Å². The molecule has 0 saturated heterocycles. The highest BCUT2D eigenvalue weighted by atomic mass is 16.1. The first-order chi connectivity index (χ1) is 8.67. The molecule has 1 amide bonds. The lowest BCUT2D eigenvalue weighted by Gasteiger charge is -2.22. The summed E-state index contributed by atoms with van der Waals surface area (Å²) in [6.45, 7) is 10.6. The van der Waals surface area contributed by atoms with Crippen LogP contribution in [0.3, 0.4) is 0 Å². The smallest absolute Gasteiger partial charge is 0.225 e. The standard InChI is InChI=1S/C15H25N3O/c1-10(8-15(3,4)5)6-14(19)18-13-7-11(2)12(16)9-17-13/h7,9-10H,6,8,16H2,1-5H3,(H,17,18,19). The molecule has 106 valence electrons. The number of carbonyl (C=O) groups is 1. The van der Waals surface area contributed by atoms with Crippen molar-refractivity contribution in [1.82, 2.24) is 4.98 Å². The Labute approximate surface area is 115 Å². The number of nitrogen functional groups attached to an aromatic ring is 1. The van der Waals surface area contributed by atoms with Crippen LogP contribution in [0.4, 0.5) is 11.5 Å². The fraction of sp³-hybridized carbons (Fsp3) is 0.600. The number of nitrogens with zero attached hydrogens (tertiary/aromatic N) is 1. The largest absolute Gasteiger partial charge is 0.397 e.